The fourth-order valence-electron chi connectivity index (χ4n) is 1.55. The third-order valence-corrected chi connectivity index (χ3v) is 2.53. The Morgan fingerprint density at radius 3 is 2.67 bits per heavy atom. The Kier molecular flexibility index (Phi) is 3.98. The van der Waals surface area contributed by atoms with Crippen molar-refractivity contribution in [3.8, 4) is 17.4 Å². The smallest absolute Gasteiger partial charge is 0.341 e. The second kappa shape index (κ2) is 5.87. The highest BCUT2D eigenvalue weighted by Crippen LogP contribution is 2.28. The number of aromatic nitrogens is 1. The quantitative estimate of drug-likeness (QED) is 0.664. The van der Waals surface area contributed by atoms with E-state index in [9.17, 15) is 14.9 Å². The molecule has 0 atom stereocenters. The summed E-state index contributed by atoms with van der Waals surface area (Å²) in [5.41, 5.74) is -0.822. The molecule has 0 saturated heterocycles. The zero-order valence-electron chi connectivity index (χ0n) is 10.8. The summed E-state index contributed by atoms with van der Waals surface area (Å²) in [5, 5.41) is 19.7. The van der Waals surface area contributed by atoms with Crippen LogP contribution in [0.3, 0.4) is 0 Å². The topological polar surface area (TPSA) is 112 Å². The van der Waals surface area contributed by atoms with Gasteiger partial charge in [0.2, 0.25) is 5.88 Å². The number of pyridine rings is 1. The lowest BCUT2D eigenvalue weighted by molar-refractivity contribution is -0.385. The molecular weight excluding hydrogens is 280 g/mol. The molecule has 1 aromatic carbocycles. The van der Waals surface area contributed by atoms with Gasteiger partial charge < -0.3 is 14.6 Å². The molecule has 0 aliphatic rings. The SMILES string of the molecule is COc1cccc(Oc2ncc([N+](=O)[O-])cc2C(=O)O)c1. The van der Waals surface area contributed by atoms with Gasteiger partial charge in [-0.3, -0.25) is 10.1 Å². The first kappa shape index (κ1) is 14.3. The monoisotopic (exact) mass is 290 g/mol. The standard InChI is InChI=1S/C13H10N2O6/c1-20-9-3-2-4-10(6-9)21-12-11(13(16)17)5-8(7-14-12)15(18)19/h2-7H,1H3,(H,16,17). The Hall–Kier alpha value is -3.16. The number of hydrogen-bond donors (Lipinski definition) is 1. The molecule has 0 spiro atoms. The predicted molar refractivity (Wildman–Crippen MR) is 70.9 cm³/mol. The first-order valence-corrected chi connectivity index (χ1v) is 5.71. The van der Waals surface area contributed by atoms with Crippen LogP contribution in [0.1, 0.15) is 10.4 Å². The molecule has 0 bridgehead atoms. The van der Waals surface area contributed by atoms with Crippen LogP contribution < -0.4 is 9.47 Å². The molecule has 8 nitrogen and oxygen atoms in total. The van der Waals surface area contributed by atoms with E-state index in [-0.39, 0.29) is 5.88 Å². The van der Waals surface area contributed by atoms with Crippen LogP contribution in [-0.2, 0) is 0 Å². The molecular formula is C13H10N2O6. The highest BCUT2D eigenvalue weighted by molar-refractivity contribution is 5.91. The van der Waals surface area contributed by atoms with Crippen LogP contribution in [0.5, 0.6) is 17.4 Å². The van der Waals surface area contributed by atoms with Gasteiger partial charge in [0.25, 0.3) is 5.69 Å². The molecule has 0 fully saturated rings. The number of aromatic carboxylic acids is 1. The number of methoxy groups -OCH3 is 1. The second-order valence-electron chi connectivity index (χ2n) is 3.89. The number of nitrogens with zero attached hydrogens (tertiary/aromatic N) is 2. The summed E-state index contributed by atoms with van der Waals surface area (Å²) in [4.78, 5) is 24.7. The van der Waals surface area contributed by atoms with Gasteiger partial charge in [0, 0.05) is 12.1 Å². The molecule has 1 N–H and O–H groups in total. The zero-order chi connectivity index (χ0) is 15.4. The lowest BCUT2D eigenvalue weighted by atomic mass is 10.2. The second-order valence-corrected chi connectivity index (χ2v) is 3.89. The number of carboxylic acid groups (broad SMARTS) is 1. The lowest BCUT2D eigenvalue weighted by Gasteiger charge is -2.08. The normalized spacial score (nSPS) is 9.95. The van der Waals surface area contributed by atoms with Gasteiger partial charge in [-0.2, -0.15) is 0 Å². The molecule has 0 amide bonds. The zero-order valence-corrected chi connectivity index (χ0v) is 10.8. The minimum Gasteiger partial charge on any atom is -0.497 e. The molecule has 0 radical (unpaired) electrons. The van der Waals surface area contributed by atoms with Crippen LogP contribution in [0.4, 0.5) is 5.69 Å². The van der Waals surface area contributed by atoms with Gasteiger partial charge in [-0.25, -0.2) is 9.78 Å². The van der Waals surface area contributed by atoms with Crippen molar-refractivity contribution in [2.45, 2.75) is 0 Å². The molecule has 0 unspecified atom stereocenters. The molecule has 108 valence electrons. The average molecular weight is 290 g/mol. The first-order valence-electron chi connectivity index (χ1n) is 5.71. The van der Waals surface area contributed by atoms with Gasteiger partial charge in [0.15, 0.2) is 0 Å². The fourth-order valence-corrected chi connectivity index (χ4v) is 1.55. The Morgan fingerprint density at radius 1 is 1.33 bits per heavy atom. The van der Waals surface area contributed by atoms with E-state index in [1.54, 1.807) is 18.2 Å². The molecule has 2 rings (SSSR count). The predicted octanol–water partition coefficient (Wildman–Crippen LogP) is 2.49. The van der Waals surface area contributed by atoms with Crippen LogP contribution in [0, 0.1) is 10.1 Å². The molecule has 0 aliphatic carbocycles. The van der Waals surface area contributed by atoms with E-state index < -0.39 is 22.1 Å². The number of carboxylic acids is 1. The number of ether oxygens (including phenoxy) is 2. The van der Waals surface area contributed by atoms with Crippen molar-refractivity contribution in [3.05, 3.63) is 52.2 Å². The van der Waals surface area contributed by atoms with E-state index in [0.717, 1.165) is 12.3 Å². The number of rotatable bonds is 5. The summed E-state index contributed by atoms with van der Waals surface area (Å²) in [6.07, 6.45) is 0.932. The maximum absolute atomic E-state index is 11.1. The van der Waals surface area contributed by atoms with Crippen molar-refractivity contribution in [1.82, 2.24) is 4.98 Å². The van der Waals surface area contributed by atoms with Crippen molar-refractivity contribution < 1.29 is 24.3 Å². The van der Waals surface area contributed by atoms with Gasteiger partial charge in [-0.05, 0) is 12.1 Å². The van der Waals surface area contributed by atoms with Gasteiger partial charge in [0.05, 0.1) is 12.0 Å². The highest BCUT2D eigenvalue weighted by Gasteiger charge is 2.19. The Balaban J connectivity index is 2.38. The molecule has 21 heavy (non-hydrogen) atoms. The summed E-state index contributed by atoms with van der Waals surface area (Å²) >= 11 is 0. The average Bonchev–Trinajstić information content (AvgIpc) is 2.47. The Morgan fingerprint density at radius 2 is 2.05 bits per heavy atom. The Bertz CT molecular complexity index is 701. The third kappa shape index (κ3) is 3.24. The van der Waals surface area contributed by atoms with Gasteiger partial charge >= 0.3 is 5.97 Å². The van der Waals surface area contributed by atoms with E-state index in [0.29, 0.717) is 11.5 Å². The van der Waals surface area contributed by atoms with Crippen molar-refractivity contribution in [2.75, 3.05) is 7.11 Å². The minimum absolute atomic E-state index is 0.235. The Labute approximate surface area is 118 Å². The summed E-state index contributed by atoms with van der Waals surface area (Å²) < 4.78 is 10.4. The van der Waals surface area contributed by atoms with Crippen LogP contribution in [-0.4, -0.2) is 28.1 Å². The van der Waals surface area contributed by atoms with E-state index in [1.807, 2.05) is 0 Å². The molecule has 0 aliphatic heterocycles. The minimum atomic E-state index is -1.37. The van der Waals surface area contributed by atoms with Crippen LogP contribution >= 0.6 is 0 Å². The van der Waals surface area contributed by atoms with E-state index in [1.165, 1.54) is 13.2 Å². The van der Waals surface area contributed by atoms with Crippen LogP contribution in [0.15, 0.2) is 36.5 Å². The maximum Gasteiger partial charge on any atom is 0.341 e. The van der Waals surface area contributed by atoms with Crippen molar-refractivity contribution in [2.24, 2.45) is 0 Å². The molecule has 1 heterocycles. The largest absolute Gasteiger partial charge is 0.497 e. The van der Waals surface area contributed by atoms with E-state index in [2.05, 4.69) is 4.98 Å². The highest BCUT2D eigenvalue weighted by atomic mass is 16.6. The first-order chi connectivity index (χ1) is 10.0. The molecule has 1 aromatic heterocycles. The lowest BCUT2D eigenvalue weighted by Crippen LogP contribution is -2.03. The summed E-state index contributed by atoms with van der Waals surface area (Å²) in [6, 6.07) is 7.35. The number of hydrogen-bond acceptors (Lipinski definition) is 6. The number of nitro groups is 1. The van der Waals surface area contributed by atoms with Crippen LogP contribution in [0.2, 0.25) is 0 Å². The van der Waals surface area contributed by atoms with Crippen molar-refractivity contribution in [3.63, 3.8) is 0 Å². The van der Waals surface area contributed by atoms with E-state index in [4.69, 9.17) is 14.6 Å². The van der Waals surface area contributed by atoms with Crippen LogP contribution in [0.25, 0.3) is 0 Å². The third-order valence-electron chi connectivity index (χ3n) is 2.53. The van der Waals surface area contributed by atoms with E-state index >= 15 is 0 Å². The van der Waals surface area contributed by atoms with Gasteiger partial charge in [-0.1, -0.05) is 6.07 Å². The van der Waals surface area contributed by atoms with Gasteiger partial charge in [-0.15, -0.1) is 0 Å². The van der Waals surface area contributed by atoms with Crippen molar-refractivity contribution in [1.29, 1.82) is 0 Å². The summed E-state index contributed by atoms with van der Waals surface area (Å²) in [6.45, 7) is 0. The maximum atomic E-state index is 11.1. The summed E-state index contributed by atoms with van der Waals surface area (Å²) in [7, 11) is 1.48. The molecule has 0 saturated carbocycles. The number of carbonyl (C=O) groups is 1. The van der Waals surface area contributed by atoms with Crippen molar-refractivity contribution >= 4 is 11.7 Å². The summed E-state index contributed by atoms with van der Waals surface area (Å²) in [5.74, 6) is -0.782. The number of benzene rings is 1. The molecule has 8 heteroatoms. The fraction of sp³-hybridized carbons (Fsp3) is 0.0769. The molecule has 2 aromatic rings. The van der Waals surface area contributed by atoms with Gasteiger partial charge in [0.1, 0.15) is 23.3 Å².